The van der Waals surface area contributed by atoms with Crippen LogP contribution in [0, 0.1) is 13.8 Å². The molecule has 1 aromatic heterocycles. The van der Waals surface area contributed by atoms with Gasteiger partial charge in [-0.15, -0.1) is 0 Å². The molecule has 0 radical (unpaired) electrons. The third kappa shape index (κ3) is 1.35. The van der Waals surface area contributed by atoms with Crippen LogP contribution in [0.3, 0.4) is 0 Å². The van der Waals surface area contributed by atoms with Gasteiger partial charge in [0.15, 0.2) is 5.58 Å². The molecule has 0 aliphatic carbocycles. The third-order valence-corrected chi connectivity index (χ3v) is 3.08. The predicted octanol–water partition coefficient (Wildman–Crippen LogP) is 2.67. The molecule has 2 rings (SSSR count). The zero-order valence-electron chi connectivity index (χ0n) is 8.10. The lowest BCUT2D eigenvalue weighted by Crippen LogP contribution is -1.95. The molecule has 0 bridgehead atoms. The van der Waals surface area contributed by atoms with E-state index >= 15 is 0 Å². The van der Waals surface area contributed by atoms with E-state index in [9.17, 15) is 0 Å². The van der Waals surface area contributed by atoms with Crippen LogP contribution in [-0.4, -0.2) is 4.98 Å². The summed E-state index contributed by atoms with van der Waals surface area (Å²) in [4.78, 5) is 4.33. The van der Waals surface area contributed by atoms with Crippen LogP contribution < -0.4 is 5.73 Å². The number of aryl methyl sites for hydroxylation is 2. The van der Waals surface area contributed by atoms with Crippen LogP contribution in [0.15, 0.2) is 15.0 Å². The smallest absolute Gasteiger partial charge is 0.209 e. The summed E-state index contributed by atoms with van der Waals surface area (Å²) in [6.45, 7) is 4.35. The Morgan fingerprint density at radius 1 is 1.50 bits per heavy atom. The highest BCUT2D eigenvalue weighted by Gasteiger charge is 2.11. The average molecular weight is 255 g/mol. The first kappa shape index (κ1) is 9.68. The largest absolute Gasteiger partial charge is 0.439 e. The summed E-state index contributed by atoms with van der Waals surface area (Å²) in [5.41, 5.74) is 9.39. The standard InChI is InChI=1S/C10H11BrN2O/c1-5-3-7(11)6(2)9-10(5)14-8(4-12)13-9/h3H,4,12H2,1-2H3. The van der Waals surface area contributed by atoms with Gasteiger partial charge in [0.1, 0.15) is 5.52 Å². The minimum absolute atomic E-state index is 0.338. The van der Waals surface area contributed by atoms with Crippen LogP contribution >= 0.6 is 15.9 Å². The zero-order valence-corrected chi connectivity index (χ0v) is 9.68. The quantitative estimate of drug-likeness (QED) is 0.852. The van der Waals surface area contributed by atoms with Crippen LogP contribution in [0.25, 0.3) is 11.1 Å². The van der Waals surface area contributed by atoms with Gasteiger partial charge < -0.3 is 10.2 Å². The Morgan fingerprint density at radius 2 is 2.21 bits per heavy atom. The van der Waals surface area contributed by atoms with Crippen molar-refractivity contribution < 1.29 is 4.42 Å². The maximum Gasteiger partial charge on any atom is 0.209 e. The van der Waals surface area contributed by atoms with Crippen molar-refractivity contribution in [3.05, 3.63) is 27.6 Å². The van der Waals surface area contributed by atoms with Crippen molar-refractivity contribution in [3.63, 3.8) is 0 Å². The Bertz CT molecular complexity index is 490. The summed E-state index contributed by atoms with van der Waals surface area (Å²) < 4.78 is 6.58. The van der Waals surface area contributed by atoms with Gasteiger partial charge >= 0.3 is 0 Å². The predicted molar refractivity (Wildman–Crippen MR) is 59.1 cm³/mol. The van der Waals surface area contributed by atoms with Gasteiger partial charge in [-0.2, -0.15) is 0 Å². The highest BCUT2D eigenvalue weighted by atomic mass is 79.9. The van der Waals surface area contributed by atoms with Crippen molar-refractivity contribution in [1.29, 1.82) is 0 Å². The molecule has 1 heterocycles. The third-order valence-electron chi connectivity index (χ3n) is 2.26. The number of nitrogens with two attached hydrogens (primary N) is 1. The monoisotopic (exact) mass is 254 g/mol. The Kier molecular flexibility index (Phi) is 2.33. The van der Waals surface area contributed by atoms with Crippen LogP contribution in [0.5, 0.6) is 0 Å². The number of hydrogen-bond donors (Lipinski definition) is 1. The van der Waals surface area contributed by atoms with Crippen molar-refractivity contribution in [2.45, 2.75) is 20.4 Å². The van der Waals surface area contributed by atoms with Gasteiger partial charge in [-0.25, -0.2) is 4.98 Å². The van der Waals surface area contributed by atoms with Crippen LogP contribution in [0.2, 0.25) is 0 Å². The van der Waals surface area contributed by atoms with E-state index < -0.39 is 0 Å². The minimum Gasteiger partial charge on any atom is -0.439 e. The molecule has 0 aliphatic rings. The lowest BCUT2D eigenvalue weighted by Gasteiger charge is -1.99. The second-order valence-corrected chi connectivity index (χ2v) is 4.14. The van der Waals surface area contributed by atoms with Crippen LogP contribution in [-0.2, 0) is 6.54 Å². The van der Waals surface area contributed by atoms with Gasteiger partial charge in [0.25, 0.3) is 0 Å². The van der Waals surface area contributed by atoms with Crippen molar-refractivity contribution in [3.8, 4) is 0 Å². The second-order valence-electron chi connectivity index (χ2n) is 3.29. The first-order valence-corrected chi connectivity index (χ1v) is 5.18. The Hall–Kier alpha value is -0.870. The maximum atomic E-state index is 5.53. The molecule has 0 fully saturated rings. The Labute approximate surface area is 90.4 Å². The second kappa shape index (κ2) is 3.37. The van der Waals surface area contributed by atoms with Crippen molar-refractivity contribution in [2.75, 3.05) is 0 Å². The molecular weight excluding hydrogens is 244 g/mol. The molecule has 0 spiro atoms. The van der Waals surface area contributed by atoms with E-state index in [2.05, 4.69) is 20.9 Å². The number of aromatic nitrogens is 1. The van der Waals surface area contributed by atoms with E-state index in [1.165, 1.54) is 0 Å². The van der Waals surface area contributed by atoms with E-state index in [1.54, 1.807) is 0 Å². The summed E-state index contributed by atoms with van der Waals surface area (Å²) in [5.74, 6) is 0.587. The number of oxazole rings is 1. The lowest BCUT2D eigenvalue weighted by atomic mass is 10.1. The Balaban J connectivity index is 2.84. The van der Waals surface area contributed by atoms with Crippen LogP contribution in [0.1, 0.15) is 17.0 Å². The van der Waals surface area contributed by atoms with E-state index in [0.717, 1.165) is 26.7 Å². The number of nitrogens with zero attached hydrogens (tertiary/aromatic N) is 1. The van der Waals surface area contributed by atoms with Gasteiger partial charge in [0.05, 0.1) is 6.54 Å². The number of rotatable bonds is 1. The molecule has 0 unspecified atom stereocenters. The lowest BCUT2D eigenvalue weighted by molar-refractivity contribution is 0.531. The summed E-state index contributed by atoms with van der Waals surface area (Å²) >= 11 is 3.49. The molecule has 2 aromatic rings. The summed E-state index contributed by atoms with van der Waals surface area (Å²) in [5, 5.41) is 0. The minimum atomic E-state index is 0.338. The van der Waals surface area contributed by atoms with E-state index in [0.29, 0.717) is 12.4 Å². The highest BCUT2D eigenvalue weighted by Crippen LogP contribution is 2.28. The number of fused-ring (bicyclic) bond motifs is 1. The Morgan fingerprint density at radius 3 is 2.86 bits per heavy atom. The fourth-order valence-electron chi connectivity index (χ4n) is 1.45. The molecule has 3 nitrogen and oxygen atoms in total. The normalized spacial score (nSPS) is 11.1. The van der Waals surface area contributed by atoms with Crippen molar-refractivity contribution >= 4 is 27.0 Å². The maximum absolute atomic E-state index is 5.53. The zero-order chi connectivity index (χ0) is 10.3. The molecule has 74 valence electrons. The summed E-state index contributed by atoms with van der Waals surface area (Å²) in [6, 6.07) is 2.03. The van der Waals surface area contributed by atoms with Crippen LogP contribution in [0.4, 0.5) is 0 Å². The topological polar surface area (TPSA) is 52.0 Å². The molecule has 0 amide bonds. The summed E-state index contributed by atoms with van der Waals surface area (Å²) in [6.07, 6.45) is 0. The van der Waals surface area contributed by atoms with Gasteiger partial charge in [-0.3, -0.25) is 0 Å². The number of benzene rings is 1. The molecule has 0 aliphatic heterocycles. The fraction of sp³-hybridized carbons (Fsp3) is 0.300. The van der Waals surface area contributed by atoms with Gasteiger partial charge in [-0.1, -0.05) is 15.9 Å². The molecule has 0 saturated carbocycles. The van der Waals surface area contributed by atoms with Gasteiger partial charge in [0.2, 0.25) is 5.89 Å². The first-order chi connectivity index (χ1) is 6.63. The van der Waals surface area contributed by atoms with E-state index in [1.807, 2.05) is 19.9 Å². The summed E-state index contributed by atoms with van der Waals surface area (Å²) in [7, 11) is 0. The van der Waals surface area contributed by atoms with Gasteiger partial charge in [0, 0.05) is 4.47 Å². The molecule has 0 saturated heterocycles. The van der Waals surface area contributed by atoms with Crippen molar-refractivity contribution in [1.82, 2.24) is 4.98 Å². The fourth-order valence-corrected chi connectivity index (χ4v) is 1.98. The SMILES string of the molecule is Cc1c(Br)cc(C)c2oc(CN)nc12. The van der Waals surface area contributed by atoms with E-state index in [4.69, 9.17) is 10.2 Å². The van der Waals surface area contributed by atoms with Crippen molar-refractivity contribution in [2.24, 2.45) is 5.73 Å². The van der Waals surface area contributed by atoms with E-state index in [-0.39, 0.29) is 0 Å². The average Bonchev–Trinajstić information content (AvgIpc) is 2.58. The highest BCUT2D eigenvalue weighted by molar-refractivity contribution is 9.10. The number of halogens is 1. The molecule has 2 N–H and O–H groups in total. The molecule has 14 heavy (non-hydrogen) atoms. The molecule has 0 atom stereocenters. The molecule has 4 heteroatoms. The molecule has 1 aromatic carbocycles. The molecular formula is C10H11BrN2O. The number of hydrogen-bond acceptors (Lipinski definition) is 3. The van der Waals surface area contributed by atoms with Gasteiger partial charge in [-0.05, 0) is 31.0 Å². The first-order valence-electron chi connectivity index (χ1n) is 4.38.